The van der Waals surface area contributed by atoms with Crippen LogP contribution in [0.5, 0.6) is 17.2 Å². The molecule has 8 heteroatoms. The zero-order valence-corrected chi connectivity index (χ0v) is 16.5. The molecule has 0 fully saturated rings. The molecule has 0 saturated heterocycles. The Morgan fingerprint density at radius 3 is 2.19 bits per heavy atom. The Balaban J connectivity index is 2.10. The molecule has 2 aromatic carbocycles. The second kappa shape index (κ2) is 7.48. The zero-order valence-electron chi connectivity index (χ0n) is 15.7. The van der Waals surface area contributed by atoms with Crippen LogP contribution in [0.1, 0.15) is 23.6 Å². The highest BCUT2D eigenvalue weighted by Crippen LogP contribution is 2.43. The molecule has 0 aromatic heterocycles. The van der Waals surface area contributed by atoms with Crippen LogP contribution in [-0.2, 0) is 10.0 Å². The van der Waals surface area contributed by atoms with Crippen molar-refractivity contribution in [1.82, 2.24) is 4.41 Å². The Morgan fingerprint density at radius 1 is 1.00 bits per heavy atom. The van der Waals surface area contributed by atoms with Gasteiger partial charge < -0.3 is 14.2 Å². The SMILES string of the molecule is COc1cccc(C2=NN(S(C)(=O)=O)[C@H](c3c(OC)cccc3OC)C2)c1. The first-order valence-electron chi connectivity index (χ1n) is 8.31. The summed E-state index contributed by atoms with van der Waals surface area (Å²) in [4.78, 5) is 0. The fraction of sp³-hybridized carbons (Fsp3) is 0.316. The van der Waals surface area contributed by atoms with Crippen molar-refractivity contribution in [3.63, 3.8) is 0 Å². The van der Waals surface area contributed by atoms with E-state index in [1.54, 1.807) is 39.5 Å². The first kappa shape index (κ1) is 19.0. The van der Waals surface area contributed by atoms with Crippen molar-refractivity contribution in [3.05, 3.63) is 53.6 Å². The Labute approximate surface area is 159 Å². The molecule has 0 N–H and O–H groups in total. The van der Waals surface area contributed by atoms with Gasteiger partial charge in [-0.25, -0.2) is 8.42 Å². The van der Waals surface area contributed by atoms with Gasteiger partial charge in [0.25, 0.3) is 0 Å². The Morgan fingerprint density at radius 2 is 1.63 bits per heavy atom. The number of hydrogen-bond donors (Lipinski definition) is 0. The number of hydrazone groups is 1. The Kier molecular flexibility index (Phi) is 5.27. The third-order valence-corrected chi connectivity index (χ3v) is 5.43. The van der Waals surface area contributed by atoms with Crippen LogP contribution in [0.15, 0.2) is 47.6 Å². The van der Waals surface area contributed by atoms with E-state index in [-0.39, 0.29) is 0 Å². The van der Waals surface area contributed by atoms with E-state index in [9.17, 15) is 8.42 Å². The first-order chi connectivity index (χ1) is 12.9. The van der Waals surface area contributed by atoms with Gasteiger partial charge in [-0.15, -0.1) is 0 Å². The van der Waals surface area contributed by atoms with Crippen LogP contribution in [0.3, 0.4) is 0 Å². The summed E-state index contributed by atoms with van der Waals surface area (Å²) in [5.74, 6) is 1.78. The lowest BCUT2D eigenvalue weighted by Gasteiger charge is -2.24. The summed E-state index contributed by atoms with van der Waals surface area (Å²) >= 11 is 0. The van der Waals surface area contributed by atoms with Gasteiger partial charge in [-0.3, -0.25) is 0 Å². The monoisotopic (exact) mass is 390 g/mol. The van der Waals surface area contributed by atoms with Crippen molar-refractivity contribution < 1.29 is 22.6 Å². The predicted molar refractivity (Wildman–Crippen MR) is 103 cm³/mol. The van der Waals surface area contributed by atoms with E-state index in [4.69, 9.17) is 14.2 Å². The van der Waals surface area contributed by atoms with Gasteiger partial charge in [0.1, 0.15) is 23.3 Å². The van der Waals surface area contributed by atoms with Gasteiger partial charge in [0, 0.05) is 12.0 Å². The van der Waals surface area contributed by atoms with Gasteiger partial charge in [-0.1, -0.05) is 18.2 Å². The van der Waals surface area contributed by atoms with E-state index in [1.165, 1.54) is 0 Å². The maximum Gasteiger partial charge on any atom is 0.247 e. The highest BCUT2D eigenvalue weighted by atomic mass is 32.2. The van der Waals surface area contributed by atoms with E-state index >= 15 is 0 Å². The lowest BCUT2D eigenvalue weighted by molar-refractivity contribution is 0.332. The Hall–Kier alpha value is -2.74. The molecule has 3 rings (SSSR count). The second-order valence-corrected chi connectivity index (χ2v) is 7.95. The van der Waals surface area contributed by atoms with Crippen molar-refractivity contribution >= 4 is 15.7 Å². The van der Waals surface area contributed by atoms with Crippen LogP contribution < -0.4 is 14.2 Å². The van der Waals surface area contributed by atoms with Gasteiger partial charge in [0.15, 0.2) is 0 Å². The summed E-state index contributed by atoms with van der Waals surface area (Å²) in [5.41, 5.74) is 2.10. The average molecular weight is 390 g/mol. The highest BCUT2D eigenvalue weighted by Gasteiger charge is 2.38. The fourth-order valence-corrected chi connectivity index (χ4v) is 4.08. The second-order valence-electron chi connectivity index (χ2n) is 6.11. The average Bonchev–Trinajstić information content (AvgIpc) is 3.12. The number of rotatable bonds is 6. The van der Waals surface area contributed by atoms with E-state index < -0.39 is 16.1 Å². The number of sulfonamides is 1. The van der Waals surface area contributed by atoms with Gasteiger partial charge in [-0.05, 0) is 24.3 Å². The lowest BCUT2D eigenvalue weighted by Crippen LogP contribution is -2.26. The van der Waals surface area contributed by atoms with Crippen molar-refractivity contribution in [3.8, 4) is 17.2 Å². The maximum atomic E-state index is 12.4. The minimum absolute atomic E-state index is 0.386. The Bertz CT molecular complexity index is 950. The van der Waals surface area contributed by atoms with Crippen molar-refractivity contribution in [2.24, 2.45) is 5.10 Å². The summed E-state index contributed by atoms with van der Waals surface area (Å²) in [5, 5.41) is 4.41. The molecule has 1 aliphatic rings. The smallest absolute Gasteiger partial charge is 0.247 e. The predicted octanol–water partition coefficient (Wildman–Crippen LogP) is 2.82. The molecular weight excluding hydrogens is 368 g/mol. The van der Waals surface area contributed by atoms with Crippen molar-refractivity contribution in [2.75, 3.05) is 27.6 Å². The molecule has 7 nitrogen and oxygen atoms in total. The molecule has 1 heterocycles. The van der Waals surface area contributed by atoms with Gasteiger partial charge in [0.05, 0.1) is 38.9 Å². The van der Waals surface area contributed by atoms with Crippen molar-refractivity contribution in [2.45, 2.75) is 12.5 Å². The van der Waals surface area contributed by atoms with Crippen LogP contribution in [0.2, 0.25) is 0 Å². The number of nitrogens with zero attached hydrogens (tertiary/aromatic N) is 2. The number of benzene rings is 2. The van der Waals surface area contributed by atoms with Crippen LogP contribution >= 0.6 is 0 Å². The molecule has 0 amide bonds. The lowest BCUT2D eigenvalue weighted by atomic mass is 9.97. The summed E-state index contributed by atoms with van der Waals surface area (Å²) < 4.78 is 42.2. The molecule has 0 spiro atoms. The maximum absolute atomic E-state index is 12.4. The molecule has 0 aliphatic carbocycles. The van der Waals surface area contributed by atoms with Gasteiger partial charge >= 0.3 is 0 Å². The molecule has 0 saturated carbocycles. The molecule has 27 heavy (non-hydrogen) atoms. The summed E-state index contributed by atoms with van der Waals surface area (Å²) in [7, 11) is 1.07. The number of methoxy groups -OCH3 is 3. The van der Waals surface area contributed by atoms with E-state index in [0.717, 1.165) is 16.2 Å². The van der Waals surface area contributed by atoms with Crippen LogP contribution in [0, 0.1) is 0 Å². The standard InChI is InChI=1S/C19H22N2O5S/c1-24-14-8-5-7-13(11-14)15-12-16(21(20-15)27(4,22)23)19-17(25-2)9-6-10-18(19)26-3/h5-11,16H,12H2,1-4H3/t16-/m0/s1. The largest absolute Gasteiger partial charge is 0.497 e. The fourth-order valence-electron chi connectivity index (χ4n) is 3.19. The van der Waals surface area contributed by atoms with E-state index in [1.807, 2.05) is 24.3 Å². The molecule has 0 radical (unpaired) electrons. The quantitative estimate of drug-likeness (QED) is 0.758. The van der Waals surface area contributed by atoms with Crippen LogP contribution in [0.25, 0.3) is 0 Å². The van der Waals surface area contributed by atoms with E-state index in [2.05, 4.69) is 5.10 Å². The zero-order chi connectivity index (χ0) is 19.6. The topological polar surface area (TPSA) is 77.4 Å². The minimum Gasteiger partial charge on any atom is -0.497 e. The normalized spacial score (nSPS) is 16.8. The summed E-state index contributed by atoms with van der Waals surface area (Å²) in [6.07, 6.45) is 1.52. The summed E-state index contributed by atoms with van der Waals surface area (Å²) in [6, 6.07) is 12.2. The number of hydrogen-bond acceptors (Lipinski definition) is 6. The molecule has 144 valence electrons. The highest BCUT2D eigenvalue weighted by molar-refractivity contribution is 7.88. The third kappa shape index (κ3) is 3.71. The molecule has 0 unspecified atom stereocenters. The molecule has 1 aliphatic heterocycles. The van der Waals surface area contributed by atoms with Gasteiger partial charge in [0.2, 0.25) is 10.0 Å². The molecular formula is C19H22N2O5S. The molecule has 2 aromatic rings. The van der Waals surface area contributed by atoms with Crippen molar-refractivity contribution in [1.29, 1.82) is 0 Å². The number of ether oxygens (including phenoxy) is 3. The third-order valence-electron chi connectivity index (χ3n) is 4.41. The first-order valence-corrected chi connectivity index (χ1v) is 10.2. The molecule has 0 bridgehead atoms. The molecule has 1 atom stereocenters. The van der Waals surface area contributed by atoms with Gasteiger partial charge in [-0.2, -0.15) is 9.52 Å². The van der Waals surface area contributed by atoms with E-state index in [0.29, 0.717) is 34.9 Å². The minimum atomic E-state index is -3.60. The summed E-state index contributed by atoms with van der Waals surface area (Å²) in [6.45, 7) is 0. The van der Waals surface area contributed by atoms with Crippen LogP contribution in [-0.4, -0.2) is 46.1 Å². The van der Waals surface area contributed by atoms with Crippen LogP contribution in [0.4, 0.5) is 0 Å².